The second-order valence-corrected chi connectivity index (χ2v) is 9.05. The van der Waals surface area contributed by atoms with E-state index in [0.29, 0.717) is 11.5 Å². The van der Waals surface area contributed by atoms with Gasteiger partial charge in [-0.05, 0) is 48.0 Å². The van der Waals surface area contributed by atoms with Crippen LogP contribution in [0.3, 0.4) is 0 Å². The minimum absolute atomic E-state index is 0.00697. The van der Waals surface area contributed by atoms with E-state index in [-0.39, 0.29) is 30.7 Å². The van der Waals surface area contributed by atoms with Crippen LogP contribution in [0.1, 0.15) is 39.5 Å². The SMILES string of the molecule is COCCN(CC(=O)N1N=C(c2ccccc2F)CC1c1ccc(OC)cc1)C(=O)c1ccc(C(F)(F)F)cc1. The number of hydrogen-bond donors (Lipinski definition) is 0. The van der Waals surface area contributed by atoms with Crippen molar-refractivity contribution in [1.29, 1.82) is 0 Å². The van der Waals surface area contributed by atoms with Crippen LogP contribution in [-0.2, 0) is 15.7 Å². The largest absolute Gasteiger partial charge is 0.497 e. The Morgan fingerprint density at radius 2 is 1.68 bits per heavy atom. The lowest BCUT2D eigenvalue weighted by Gasteiger charge is -2.27. The number of nitrogens with zero attached hydrogens (tertiary/aromatic N) is 3. The first-order valence-corrected chi connectivity index (χ1v) is 12.4. The summed E-state index contributed by atoms with van der Waals surface area (Å²) in [4.78, 5) is 28.1. The molecule has 0 N–H and O–H groups in total. The molecular formula is C29H27F4N3O4. The Kier molecular flexibility index (Phi) is 8.83. The minimum atomic E-state index is -4.55. The standard InChI is InChI=1S/C29H27F4N3O4/c1-39-16-15-35(28(38)20-7-11-21(12-8-20)29(31,32)33)18-27(37)36-26(19-9-13-22(40-2)14-10-19)17-25(34-36)23-5-3-4-6-24(23)30/h3-14,26H,15-18H2,1-2H3. The van der Waals surface area contributed by atoms with Gasteiger partial charge in [-0.25, -0.2) is 9.40 Å². The van der Waals surface area contributed by atoms with Gasteiger partial charge in [-0.3, -0.25) is 9.59 Å². The van der Waals surface area contributed by atoms with Gasteiger partial charge in [0.15, 0.2) is 0 Å². The summed E-state index contributed by atoms with van der Waals surface area (Å²) in [6.45, 7) is -0.331. The van der Waals surface area contributed by atoms with Crippen LogP contribution in [0.4, 0.5) is 17.6 Å². The number of alkyl halides is 3. The molecule has 0 aliphatic carbocycles. The summed E-state index contributed by atoms with van der Waals surface area (Å²) in [5, 5.41) is 5.68. The van der Waals surface area contributed by atoms with E-state index in [1.807, 2.05) is 0 Å². The monoisotopic (exact) mass is 557 g/mol. The number of rotatable bonds is 9. The molecule has 0 saturated carbocycles. The molecule has 11 heteroatoms. The van der Waals surface area contributed by atoms with Crippen LogP contribution in [-0.4, -0.2) is 61.4 Å². The van der Waals surface area contributed by atoms with E-state index in [2.05, 4.69) is 5.10 Å². The van der Waals surface area contributed by atoms with E-state index in [1.165, 1.54) is 30.2 Å². The van der Waals surface area contributed by atoms with E-state index in [4.69, 9.17) is 9.47 Å². The first-order chi connectivity index (χ1) is 19.1. The molecule has 0 radical (unpaired) electrons. The molecule has 0 spiro atoms. The molecule has 4 rings (SSSR count). The Labute approximate surface area is 228 Å². The molecule has 0 fully saturated rings. The summed E-state index contributed by atoms with van der Waals surface area (Å²) in [6.07, 6.45) is -4.32. The Hall–Kier alpha value is -4.25. The Balaban J connectivity index is 1.62. The molecular weight excluding hydrogens is 530 g/mol. The third kappa shape index (κ3) is 6.48. The van der Waals surface area contributed by atoms with Crippen molar-refractivity contribution in [1.82, 2.24) is 9.91 Å². The number of benzene rings is 3. The number of ether oxygens (including phenoxy) is 2. The van der Waals surface area contributed by atoms with Crippen LogP contribution in [0.2, 0.25) is 0 Å². The fourth-order valence-corrected chi connectivity index (χ4v) is 4.36. The maximum Gasteiger partial charge on any atom is 0.416 e. The maximum atomic E-state index is 14.6. The smallest absolute Gasteiger partial charge is 0.416 e. The molecule has 0 aromatic heterocycles. The molecule has 3 aromatic carbocycles. The van der Waals surface area contributed by atoms with Gasteiger partial charge in [0.25, 0.3) is 11.8 Å². The predicted octanol–water partition coefficient (Wildman–Crippen LogP) is 5.32. The summed E-state index contributed by atoms with van der Waals surface area (Å²) in [5.41, 5.74) is 0.443. The van der Waals surface area contributed by atoms with Crippen LogP contribution in [0.15, 0.2) is 77.9 Å². The molecule has 210 valence electrons. The van der Waals surface area contributed by atoms with Gasteiger partial charge >= 0.3 is 6.18 Å². The number of hydrogen-bond acceptors (Lipinski definition) is 5. The first-order valence-electron chi connectivity index (χ1n) is 12.4. The first kappa shape index (κ1) is 28.8. The molecule has 0 saturated heterocycles. The summed E-state index contributed by atoms with van der Waals surface area (Å²) in [6, 6.07) is 16.3. The molecule has 3 aromatic rings. The van der Waals surface area contributed by atoms with Crippen molar-refractivity contribution in [2.75, 3.05) is 33.9 Å². The third-order valence-corrected chi connectivity index (χ3v) is 6.49. The van der Waals surface area contributed by atoms with Gasteiger partial charge in [0.2, 0.25) is 0 Å². The van der Waals surface area contributed by atoms with Crippen LogP contribution < -0.4 is 4.74 Å². The van der Waals surface area contributed by atoms with Crippen molar-refractivity contribution in [2.24, 2.45) is 5.10 Å². The summed E-state index contributed by atoms with van der Waals surface area (Å²) in [5.74, 6) is -1.06. The highest BCUT2D eigenvalue weighted by Gasteiger charge is 2.35. The molecule has 1 atom stereocenters. The number of amides is 2. The van der Waals surface area contributed by atoms with Crippen molar-refractivity contribution in [3.8, 4) is 5.75 Å². The molecule has 1 heterocycles. The highest BCUT2D eigenvalue weighted by atomic mass is 19.4. The molecule has 2 amide bonds. The lowest BCUT2D eigenvalue weighted by molar-refractivity contribution is -0.137. The number of halogens is 4. The quantitative estimate of drug-likeness (QED) is 0.334. The zero-order chi connectivity index (χ0) is 28.9. The van der Waals surface area contributed by atoms with E-state index in [9.17, 15) is 27.2 Å². The topological polar surface area (TPSA) is 71.4 Å². The fraction of sp³-hybridized carbons (Fsp3) is 0.276. The molecule has 1 aliphatic rings. The molecule has 40 heavy (non-hydrogen) atoms. The molecule has 0 bridgehead atoms. The second kappa shape index (κ2) is 12.3. The Morgan fingerprint density at radius 1 is 1.00 bits per heavy atom. The van der Waals surface area contributed by atoms with Crippen LogP contribution in [0, 0.1) is 5.82 Å². The number of carbonyl (C=O) groups excluding carboxylic acids is 2. The van der Waals surface area contributed by atoms with Crippen molar-refractivity contribution in [3.63, 3.8) is 0 Å². The molecule has 1 aliphatic heterocycles. The number of carbonyl (C=O) groups is 2. The zero-order valence-electron chi connectivity index (χ0n) is 21.8. The van der Waals surface area contributed by atoms with E-state index < -0.39 is 42.0 Å². The minimum Gasteiger partial charge on any atom is -0.497 e. The van der Waals surface area contributed by atoms with Gasteiger partial charge in [0, 0.05) is 31.2 Å². The highest BCUT2D eigenvalue weighted by Crippen LogP contribution is 2.34. The van der Waals surface area contributed by atoms with Gasteiger partial charge in [0.05, 0.1) is 31.0 Å². The lowest BCUT2D eigenvalue weighted by Crippen LogP contribution is -2.42. The van der Waals surface area contributed by atoms with Gasteiger partial charge in [-0.1, -0.05) is 30.3 Å². The van der Waals surface area contributed by atoms with E-state index in [0.717, 1.165) is 29.8 Å². The number of hydrazone groups is 1. The molecule has 1 unspecified atom stereocenters. The highest BCUT2D eigenvalue weighted by molar-refractivity contribution is 6.04. The van der Waals surface area contributed by atoms with Crippen molar-refractivity contribution >= 4 is 17.5 Å². The Bertz CT molecular complexity index is 1380. The van der Waals surface area contributed by atoms with Gasteiger partial charge < -0.3 is 14.4 Å². The van der Waals surface area contributed by atoms with Gasteiger partial charge in [0.1, 0.15) is 18.1 Å². The zero-order valence-corrected chi connectivity index (χ0v) is 21.8. The van der Waals surface area contributed by atoms with Crippen molar-refractivity contribution < 1.29 is 36.6 Å². The average Bonchev–Trinajstić information content (AvgIpc) is 3.40. The van der Waals surface area contributed by atoms with Crippen molar-refractivity contribution in [3.05, 3.63) is 101 Å². The lowest BCUT2D eigenvalue weighted by atomic mass is 9.98. The van der Waals surface area contributed by atoms with E-state index in [1.54, 1.807) is 42.5 Å². The Morgan fingerprint density at radius 3 is 2.27 bits per heavy atom. The van der Waals surface area contributed by atoms with Crippen LogP contribution >= 0.6 is 0 Å². The maximum absolute atomic E-state index is 14.6. The average molecular weight is 558 g/mol. The predicted molar refractivity (Wildman–Crippen MR) is 139 cm³/mol. The van der Waals surface area contributed by atoms with Crippen LogP contribution in [0.25, 0.3) is 0 Å². The van der Waals surface area contributed by atoms with E-state index >= 15 is 0 Å². The summed E-state index contributed by atoms with van der Waals surface area (Å²) < 4.78 is 63.9. The number of methoxy groups -OCH3 is 2. The third-order valence-electron chi connectivity index (χ3n) is 6.49. The van der Waals surface area contributed by atoms with Crippen molar-refractivity contribution in [2.45, 2.75) is 18.6 Å². The van der Waals surface area contributed by atoms with Gasteiger partial charge in [-0.2, -0.15) is 18.3 Å². The van der Waals surface area contributed by atoms with Crippen LogP contribution in [0.5, 0.6) is 5.75 Å². The van der Waals surface area contributed by atoms with Gasteiger partial charge in [-0.15, -0.1) is 0 Å². The second-order valence-electron chi connectivity index (χ2n) is 9.05. The summed E-state index contributed by atoms with van der Waals surface area (Å²) in [7, 11) is 2.95. The summed E-state index contributed by atoms with van der Waals surface area (Å²) >= 11 is 0. The fourth-order valence-electron chi connectivity index (χ4n) is 4.36. The molecule has 7 nitrogen and oxygen atoms in total. The normalized spacial score (nSPS) is 15.1.